The average molecular weight is 469 g/mol. The summed E-state index contributed by atoms with van der Waals surface area (Å²) in [6.45, 7) is 7.17. The monoisotopic (exact) mass is 468 g/mol. The Bertz CT molecular complexity index is 1090. The molecule has 0 aliphatic carbocycles. The topological polar surface area (TPSA) is 83.0 Å². The number of carbonyl (C=O) groups excluding carboxylic acids is 1. The molecule has 1 aliphatic rings. The predicted molar refractivity (Wildman–Crippen MR) is 123 cm³/mol. The van der Waals surface area contributed by atoms with Crippen LogP contribution in [-0.2, 0) is 4.79 Å². The maximum atomic E-state index is 11.4. The van der Waals surface area contributed by atoms with E-state index in [1.807, 2.05) is 25.1 Å². The van der Waals surface area contributed by atoms with Gasteiger partial charge >= 0.3 is 0 Å². The van der Waals surface area contributed by atoms with Crippen LogP contribution in [0, 0.1) is 6.92 Å². The van der Waals surface area contributed by atoms with E-state index in [9.17, 15) is 4.79 Å². The lowest BCUT2D eigenvalue weighted by atomic mass is 10.1. The third-order valence-corrected chi connectivity index (χ3v) is 5.79. The van der Waals surface area contributed by atoms with E-state index in [0.29, 0.717) is 5.82 Å². The standard InChI is InChI=1S/C22H25BrN6O/c1-13(16-5-4-6-17(23)9-16)25-22-19-10-21(24-11-20(19)26-14(2)27-22)29-8-7-18(12-29)28-15(3)30/h4-6,9-11,13,18H,7-8,12H2,1-3H3,(H,28,30)(H,25,26,27)/t13-,18-/m1/s1. The van der Waals surface area contributed by atoms with Crippen molar-refractivity contribution in [2.24, 2.45) is 0 Å². The molecule has 1 amide bonds. The number of carbonyl (C=O) groups is 1. The number of pyridine rings is 1. The lowest BCUT2D eigenvalue weighted by Gasteiger charge is -2.20. The Balaban J connectivity index is 1.63. The van der Waals surface area contributed by atoms with Gasteiger partial charge in [0.2, 0.25) is 5.91 Å². The number of amides is 1. The lowest BCUT2D eigenvalue weighted by Crippen LogP contribution is -2.35. The molecule has 0 spiro atoms. The van der Waals surface area contributed by atoms with Gasteiger partial charge in [-0.05, 0) is 44.0 Å². The Morgan fingerprint density at radius 1 is 1.30 bits per heavy atom. The summed E-state index contributed by atoms with van der Waals surface area (Å²) in [5.41, 5.74) is 1.98. The fourth-order valence-corrected chi connectivity index (χ4v) is 4.28. The maximum absolute atomic E-state index is 11.4. The van der Waals surface area contributed by atoms with Crippen LogP contribution in [0.25, 0.3) is 10.9 Å². The van der Waals surface area contributed by atoms with E-state index in [0.717, 1.165) is 46.5 Å². The number of hydrogen-bond acceptors (Lipinski definition) is 6. The summed E-state index contributed by atoms with van der Waals surface area (Å²) in [7, 11) is 0. The molecule has 0 bridgehead atoms. The highest BCUT2D eigenvalue weighted by molar-refractivity contribution is 9.10. The number of aryl methyl sites for hydroxylation is 1. The first kappa shape index (κ1) is 20.5. The highest BCUT2D eigenvalue weighted by Gasteiger charge is 2.24. The molecule has 0 unspecified atom stereocenters. The first-order valence-electron chi connectivity index (χ1n) is 10.1. The highest BCUT2D eigenvalue weighted by atomic mass is 79.9. The van der Waals surface area contributed by atoms with Crippen molar-refractivity contribution < 1.29 is 4.79 Å². The molecule has 7 nitrogen and oxygen atoms in total. The minimum absolute atomic E-state index is 0.00483. The number of nitrogens with zero attached hydrogens (tertiary/aromatic N) is 4. The second-order valence-corrected chi connectivity index (χ2v) is 8.65. The minimum atomic E-state index is 0.00483. The van der Waals surface area contributed by atoms with Gasteiger partial charge in [-0.1, -0.05) is 28.1 Å². The number of hydrogen-bond donors (Lipinski definition) is 2. The van der Waals surface area contributed by atoms with E-state index < -0.39 is 0 Å². The molecule has 2 atom stereocenters. The van der Waals surface area contributed by atoms with Crippen molar-refractivity contribution in [3.63, 3.8) is 0 Å². The largest absolute Gasteiger partial charge is 0.363 e. The normalized spacial score (nSPS) is 17.2. The molecule has 30 heavy (non-hydrogen) atoms. The van der Waals surface area contributed by atoms with Crippen molar-refractivity contribution in [1.82, 2.24) is 20.3 Å². The molecule has 0 radical (unpaired) electrons. The van der Waals surface area contributed by atoms with Crippen molar-refractivity contribution in [2.75, 3.05) is 23.3 Å². The predicted octanol–water partition coefficient (Wildman–Crippen LogP) is 3.98. The first-order chi connectivity index (χ1) is 14.4. The molecule has 1 saturated heterocycles. The van der Waals surface area contributed by atoms with Gasteiger partial charge in [0.25, 0.3) is 0 Å². The Kier molecular flexibility index (Phi) is 5.85. The van der Waals surface area contributed by atoms with Gasteiger partial charge in [-0.3, -0.25) is 4.79 Å². The van der Waals surface area contributed by atoms with Crippen LogP contribution >= 0.6 is 15.9 Å². The molecule has 1 aliphatic heterocycles. The van der Waals surface area contributed by atoms with Gasteiger partial charge in [0.1, 0.15) is 17.5 Å². The molecule has 1 aromatic carbocycles. The molecule has 3 aromatic rings. The molecule has 4 rings (SSSR count). The van der Waals surface area contributed by atoms with E-state index in [4.69, 9.17) is 0 Å². The molecule has 2 N–H and O–H groups in total. The Morgan fingerprint density at radius 3 is 2.90 bits per heavy atom. The van der Waals surface area contributed by atoms with Gasteiger partial charge in [0, 0.05) is 35.9 Å². The van der Waals surface area contributed by atoms with Crippen LogP contribution < -0.4 is 15.5 Å². The Hall–Kier alpha value is -2.74. The van der Waals surface area contributed by atoms with Crippen molar-refractivity contribution in [1.29, 1.82) is 0 Å². The quantitative estimate of drug-likeness (QED) is 0.588. The van der Waals surface area contributed by atoms with Crippen LogP contribution in [0.1, 0.15) is 37.7 Å². The minimum Gasteiger partial charge on any atom is -0.363 e. The number of nitrogens with one attached hydrogen (secondary N) is 2. The van der Waals surface area contributed by atoms with Crippen LogP contribution in [0.3, 0.4) is 0 Å². The number of fused-ring (bicyclic) bond motifs is 1. The van der Waals surface area contributed by atoms with Gasteiger partial charge in [-0.2, -0.15) is 0 Å². The van der Waals surface area contributed by atoms with E-state index in [-0.39, 0.29) is 18.0 Å². The zero-order valence-electron chi connectivity index (χ0n) is 17.3. The third kappa shape index (κ3) is 4.53. The maximum Gasteiger partial charge on any atom is 0.217 e. The van der Waals surface area contributed by atoms with E-state index >= 15 is 0 Å². The van der Waals surface area contributed by atoms with E-state index in [1.54, 1.807) is 13.1 Å². The molecular weight excluding hydrogens is 444 g/mol. The summed E-state index contributed by atoms with van der Waals surface area (Å²) in [4.78, 5) is 27.4. The summed E-state index contributed by atoms with van der Waals surface area (Å²) in [5, 5.41) is 7.48. The van der Waals surface area contributed by atoms with E-state index in [1.165, 1.54) is 5.56 Å². The summed E-state index contributed by atoms with van der Waals surface area (Å²) in [6, 6.07) is 10.5. The number of aromatic nitrogens is 3. The van der Waals surface area contributed by atoms with Crippen molar-refractivity contribution in [3.8, 4) is 0 Å². The smallest absolute Gasteiger partial charge is 0.217 e. The molecule has 2 aromatic heterocycles. The summed E-state index contributed by atoms with van der Waals surface area (Å²) >= 11 is 3.54. The van der Waals surface area contributed by atoms with Crippen molar-refractivity contribution in [2.45, 2.75) is 39.3 Å². The van der Waals surface area contributed by atoms with Gasteiger partial charge < -0.3 is 15.5 Å². The molecule has 1 fully saturated rings. The lowest BCUT2D eigenvalue weighted by molar-refractivity contribution is -0.119. The second-order valence-electron chi connectivity index (χ2n) is 7.73. The number of benzene rings is 1. The van der Waals surface area contributed by atoms with Crippen molar-refractivity contribution >= 4 is 44.4 Å². The average Bonchev–Trinajstić information content (AvgIpc) is 3.15. The molecule has 156 valence electrons. The van der Waals surface area contributed by atoms with Crippen LogP contribution in [-0.4, -0.2) is 40.0 Å². The zero-order valence-corrected chi connectivity index (χ0v) is 18.9. The van der Waals surface area contributed by atoms with Gasteiger partial charge in [-0.25, -0.2) is 15.0 Å². The molecule has 8 heteroatoms. The number of rotatable bonds is 5. The molecule has 0 saturated carbocycles. The molecule has 3 heterocycles. The van der Waals surface area contributed by atoms with Crippen molar-refractivity contribution in [3.05, 3.63) is 52.4 Å². The van der Waals surface area contributed by atoms with Crippen LogP contribution in [0.15, 0.2) is 41.0 Å². The number of anilines is 2. The summed E-state index contributed by atoms with van der Waals surface area (Å²) < 4.78 is 1.05. The Morgan fingerprint density at radius 2 is 2.13 bits per heavy atom. The summed E-state index contributed by atoms with van der Waals surface area (Å²) in [5.74, 6) is 2.38. The SMILES string of the molecule is CC(=O)N[C@@H]1CCN(c2cc3c(N[C@H](C)c4cccc(Br)c4)nc(C)nc3cn2)C1. The van der Waals surface area contributed by atoms with Crippen LogP contribution in [0.4, 0.5) is 11.6 Å². The number of halogens is 1. The summed E-state index contributed by atoms with van der Waals surface area (Å²) in [6.07, 6.45) is 2.72. The first-order valence-corrected chi connectivity index (χ1v) is 10.9. The highest BCUT2D eigenvalue weighted by Crippen LogP contribution is 2.29. The Labute approximate surface area is 184 Å². The molecular formula is C22H25BrN6O. The van der Waals surface area contributed by atoms with Gasteiger partial charge in [0.05, 0.1) is 17.8 Å². The van der Waals surface area contributed by atoms with Gasteiger partial charge in [-0.15, -0.1) is 0 Å². The third-order valence-electron chi connectivity index (χ3n) is 5.30. The fourth-order valence-electron chi connectivity index (χ4n) is 3.86. The van der Waals surface area contributed by atoms with Crippen LogP contribution in [0.2, 0.25) is 0 Å². The fraction of sp³-hybridized carbons (Fsp3) is 0.364. The second kappa shape index (κ2) is 8.55. The zero-order chi connectivity index (χ0) is 21.3. The van der Waals surface area contributed by atoms with Gasteiger partial charge in [0.15, 0.2) is 0 Å². The van der Waals surface area contributed by atoms with Crippen LogP contribution in [0.5, 0.6) is 0 Å². The van der Waals surface area contributed by atoms with E-state index in [2.05, 4.69) is 65.5 Å².